The Labute approximate surface area is 204 Å². The van der Waals surface area contributed by atoms with Crippen molar-refractivity contribution in [2.75, 3.05) is 26.3 Å². The highest BCUT2D eigenvalue weighted by atomic mass is 35.5. The fourth-order valence-corrected chi connectivity index (χ4v) is 4.10. The lowest BCUT2D eigenvalue weighted by Crippen LogP contribution is -2.62. The van der Waals surface area contributed by atoms with Gasteiger partial charge in [0.1, 0.15) is 22.1 Å². The van der Waals surface area contributed by atoms with Gasteiger partial charge in [-0.3, -0.25) is 9.59 Å². The molecule has 33 heavy (non-hydrogen) atoms. The molecule has 0 bridgehead atoms. The molecule has 1 aliphatic rings. The molecule has 3 rings (SSSR count). The number of amides is 2. The first-order chi connectivity index (χ1) is 15.9. The highest BCUT2D eigenvalue weighted by molar-refractivity contribution is 6.33. The number of hydrogen-bond acceptors (Lipinski definition) is 5. The van der Waals surface area contributed by atoms with E-state index in [-0.39, 0.29) is 18.4 Å². The fourth-order valence-electron chi connectivity index (χ4n) is 3.75. The molecule has 1 fully saturated rings. The Morgan fingerprint density at radius 3 is 2.12 bits per heavy atom. The van der Waals surface area contributed by atoms with E-state index in [9.17, 15) is 9.59 Å². The second-order valence-corrected chi connectivity index (χ2v) is 8.56. The van der Waals surface area contributed by atoms with Crippen LogP contribution in [-0.4, -0.2) is 43.7 Å². The van der Waals surface area contributed by atoms with Crippen LogP contribution >= 0.6 is 23.2 Å². The van der Waals surface area contributed by atoms with Crippen molar-refractivity contribution in [3.05, 3.63) is 57.6 Å². The summed E-state index contributed by atoms with van der Waals surface area (Å²) in [5, 5.41) is 10.1. The molecule has 0 aliphatic carbocycles. The molecule has 2 amide bonds. The quantitative estimate of drug-likeness (QED) is 0.491. The van der Waals surface area contributed by atoms with Gasteiger partial charge in [-0.2, -0.15) is 0 Å². The Hall–Kier alpha value is -2.48. The number of hydrogen-bond donors (Lipinski definition) is 3. The van der Waals surface area contributed by atoms with E-state index in [1.165, 1.54) is 0 Å². The van der Waals surface area contributed by atoms with Crippen molar-refractivity contribution >= 4 is 35.0 Å². The number of halogens is 2. The molecule has 1 aliphatic heterocycles. The van der Waals surface area contributed by atoms with Crippen LogP contribution in [0.2, 0.25) is 10.0 Å². The zero-order valence-corrected chi connectivity index (χ0v) is 20.3. The molecule has 0 aromatic heterocycles. The van der Waals surface area contributed by atoms with E-state index in [0.717, 1.165) is 5.56 Å². The van der Waals surface area contributed by atoms with E-state index in [4.69, 9.17) is 32.7 Å². The maximum Gasteiger partial charge on any atom is 0.252 e. The maximum absolute atomic E-state index is 13.3. The molecule has 1 heterocycles. The van der Waals surface area contributed by atoms with Gasteiger partial charge in [-0.25, -0.2) is 0 Å². The Kier molecular flexibility index (Phi) is 8.83. The molecule has 178 valence electrons. The van der Waals surface area contributed by atoms with Gasteiger partial charge in [-0.05, 0) is 81.7 Å². The largest absolute Gasteiger partial charge is 0.492 e. The SMILES string of the molecule is CCOc1cc(CNC(=O)C2(NC(=O)c3ccc(Cl)cc3)CCNCC2)cc(OCC)c1Cl. The average Bonchev–Trinajstić information content (AvgIpc) is 2.81. The van der Waals surface area contributed by atoms with Crippen LogP contribution in [0.5, 0.6) is 11.5 Å². The Balaban J connectivity index is 1.76. The van der Waals surface area contributed by atoms with Gasteiger partial charge in [0.25, 0.3) is 5.91 Å². The molecule has 2 aromatic rings. The number of nitrogens with one attached hydrogen (secondary N) is 3. The third kappa shape index (κ3) is 6.31. The first-order valence-electron chi connectivity index (χ1n) is 11.0. The Morgan fingerprint density at radius 2 is 1.58 bits per heavy atom. The normalized spacial score (nSPS) is 14.9. The molecule has 0 saturated carbocycles. The summed E-state index contributed by atoms with van der Waals surface area (Å²) in [7, 11) is 0. The van der Waals surface area contributed by atoms with Gasteiger partial charge in [0.15, 0.2) is 0 Å². The van der Waals surface area contributed by atoms with Gasteiger partial charge in [0.2, 0.25) is 5.91 Å². The van der Waals surface area contributed by atoms with E-state index < -0.39 is 5.54 Å². The zero-order valence-electron chi connectivity index (χ0n) is 18.8. The van der Waals surface area contributed by atoms with Crippen molar-refractivity contribution in [1.29, 1.82) is 0 Å². The van der Waals surface area contributed by atoms with Gasteiger partial charge in [-0.1, -0.05) is 23.2 Å². The molecule has 0 spiro atoms. The molecule has 0 radical (unpaired) electrons. The van der Waals surface area contributed by atoms with E-state index in [2.05, 4.69) is 16.0 Å². The van der Waals surface area contributed by atoms with Crippen LogP contribution in [0.4, 0.5) is 0 Å². The number of carbonyl (C=O) groups is 2. The molecule has 2 aromatic carbocycles. The van der Waals surface area contributed by atoms with E-state index >= 15 is 0 Å². The van der Waals surface area contributed by atoms with E-state index in [0.29, 0.717) is 66.3 Å². The van der Waals surface area contributed by atoms with Crippen molar-refractivity contribution in [3.8, 4) is 11.5 Å². The van der Waals surface area contributed by atoms with Crippen LogP contribution in [0, 0.1) is 0 Å². The molecule has 0 unspecified atom stereocenters. The lowest BCUT2D eigenvalue weighted by atomic mass is 9.86. The standard InChI is InChI=1S/C24H29Cl2N3O4/c1-3-32-19-13-16(14-20(21(19)26)33-4-2)15-28-23(31)24(9-11-27-12-10-24)29-22(30)17-5-7-18(25)8-6-17/h5-8,13-14,27H,3-4,9-12,15H2,1-2H3,(H,28,31)(H,29,30). The summed E-state index contributed by atoms with van der Waals surface area (Å²) in [6.07, 6.45) is 0.959. The van der Waals surface area contributed by atoms with Crippen molar-refractivity contribution in [1.82, 2.24) is 16.0 Å². The van der Waals surface area contributed by atoms with Crippen LogP contribution in [-0.2, 0) is 11.3 Å². The van der Waals surface area contributed by atoms with Crippen molar-refractivity contribution in [2.24, 2.45) is 0 Å². The van der Waals surface area contributed by atoms with Crippen molar-refractivity contribution < 1.29 is 19.1 Å². The zero-order chi connectivity index (χ0) is 23.8. The monoisotopic (exact) mass is 493 g/mol. The fraction of sp³-hybridized carbons (Fsp3) is 0.417. The number of piperidine rings is 1. The topological polar surface area (TPSA) is 88.7 Å². The van der Waals surface area contributed by atoms with E-state index in [1.54, 1.807) is 36.4 Å². The third-order valence-corrected chi connectivity index (χ3v) is 6.09. The summed E-state index contributed by atoms with van der Waals surface area (Å²) in [6, 6.07) is 10.2. The summed E-state index contributed by atoms with van der Waals surface area (Å²) in [5.74, 6) is 0.452. The smallest absolute Gasteiger partial charge is 0.252 e. The molecular weight excluding hydrogens is 465 g/mol. The Morgan fingerprint density at radius 1 is 1.00 bits per heavy atom. The maximum atomic E-state index is 13.3. The predicted octanol–water partition coefficient (Wildman–Crippen LogP) is 3.96. The summed E-state index contributed by atoms with van der Waals surface area (Å²) >= 11 is 12.3. The summed E-state index contributed by atoms with van der Waals surface area (Å²) in [4.78, 5) is 26.2. The van der Waals surface area contributed by atoms with Crippen LogP contribution in [0.25, 0.3) is 0 Å². The van der Waals surface area contributed by atoms with Crippen LogP contribution < -0.4 is 25.4 Å². The van der Waals surface area contributed by atoms with Gasteiger partial charge < -0.3 is 25.4 Å². The van der Waals surface area contributed by atoms with Gasteiger partial charge in [-0.15, -0.1) is 0 Å². The van der Waals surface area contributed by atoms with Gasteiger partial charge in [0, 0.05) is 17.1 Å². The first-order valence-corrected chi connectivity index (χ1v) is 11.8. The molecular formula is C24H29Cl2N3O4. The Bertz CT molecular complexity index is 949. The highest BCUT2D eigenvalue weighted by Gasteiger charge is 2.41. The van der Waals surface area contributed by atoms with Gasteiger partial charge >= 0.3 is 0 Å². The first kappa shape index (κ1) is 25.1. The molecule has 3 N–H and O–H groups in total. The van der Waals surface area contributed by atoms with Crippen LogP contribution in [0.3, 0.4) is 0 Å². The van der Waals surface area contributed by atoms with Crippen LogP contribution in [0.1, 0.15) is 42.6 Å². The minimum Gasteiger partial charge on any atom is -0.492 e. The molecule has 7 nitrogen and oxygen atoms in total. The minimum atomic E-state index is -1.01. The molecule has 0 atom stereocenters. The summed E-state index contributed by atoms with van der Waals surface area (Å²) < 4.78 is 11.2. The molecule has 1 saturated heterocycles. The van der Waals surface area contributed by atoms with Crippen molar-refractivity contribution in [3.63, 3.8) is 0 Å². The summed E-state index contributed by atoms with van der Waals surface area (Å²) in [5.41, 5.74) is 0.221. The molecule has 9 heteroatoms. The third-order valence-electron chi connectivity index (χ3n) is 5.47. The highest BCUT2D eigenvalue weighted by Crippen LogP contribution is 2.36. The number of rotatable bonds is 9. The van der Waals surface area contributed by atoms with E-state index in [1.807, 2.05) is 13.8 Å². The lowest BCUT2D eigenvalue weighted by Gasteiger charge is -2.37. The second-order valence-electron chi connectivity index (χ2n) is 7.75. The van der Waals surface area contributed by atoms with Gasteiger partial charge in [0.05, 0.1) is 13.2 Å². The van der Waals surface area contributed by atoms with Crippen LogP contribution in [0.15, 0.2) is 36.4 Å². The summed E-state index contributed by atoms with van der Waals surface area (Å²) in [6.45, 7) is 6.13. The number of carbonyl (C=O) groups excluding carboxylic acids is 2. The number of benzene rings is 2. The van der Waals surface area contributed by atoms with Crippen molar-refractivity contribution in [2.45, 2.75) is 38.8 Å². The lowest BCUT2D eigenvalue weighted by molar-refractivity contribution is -0.128. The minimum absolute atomic E-state index is 0.238. The second kappa shape index (κ2) is 11.6. The average molecular weight is 494 g/mol. The number of ether oxygens (including phenoxy) is 2. The predicted molar refractivity (Wildman–Crippen MR) is 129 cm³/mol.